The number of rotatable bonds is 7. The van der Waals surface area contributed by atoms with E-state index in [0.717, 1.165) is 16.9 Å². The maximum atomic E-state index is 12.2. The van der Waals surface area contributed by atoms with Crippen molar-refractivity contribution in [1.29, 1.82) is 0 Å². The zero-order chi connectivity index (χ0) is 15.8. The van der Waals surface area contributed by atoms with E-state index in [1.165, 1.54) is 0 Å². The first kappa shape index (κ1) is 16.0. The van der Waals surface area contributed by atoms with Gasteiger partial charge in [0.1, 0.15) is 12.4 Å². The first-order valence-electron chi connectivity index (χ1n) is 7.25. The van der Waals surface area contributed by atoms with Crippen LogP contribution >= 0.6 is 0 Å². The lowest BCUT2D eigenvalue weighted by molar-refractivity contribution is 0.0950. The summed E-state index contributed by atoms with van der Waals surface area (Å²) in [5.41, 5.74) is 2.67. The van der Waals surface area contributed by atoms with Crippen LogP contribution in [0.2, 0.25) is 0 Å². The summed E-state index contributed by atoms with van der Waals surface area (Å²) in [5.74, 6) is 0.712. The van der Waals surface area contributed by atoms with E-state index in [1.807, 2.05) is 55.5 Å². The van der Waals surface area contributed by atoms with E-state index in [0.29, 0.717) is 25.3 Å². The fraction of sp³-hybridized carbons (Fsp3) is 0.278. The number of amides is 1. The van der Waals surface area contributed by atoms with Crippen LogP contribution in [-0.4, -0.2) is 26.2 Å². The number of ether oxygens (including phenoxy) is 2. The van der Waals surface area contributed by atoms with Crippen molar-refractivity contribution in [2.45, 2.75) is 13.5 Å². The van der Waals surface area contributed by atoms with Gasteiger partial charge in [-0.1, -0.05) is 30.3 Å². The molecule has 0 saturated carbocycles. The van der Waals surface area contributed by atoms with Gasteiger partial charge in [-0.05, 0) is 36.2 Å². The normalized spacial score (nSPS) is 10.3. The predicted molar refractivity (Wildman–Crippen MR) is 86.2 cm³/mol. The van der Waals surface area contributed by atoms with Crippen LogP contribution < -0.4 is 10.1 Å². The molecule has 0 heterocycles. The van der Waals surface area contributed by atoms with E-state index in [2.05, 4.69) is 5.32 Å². The summed E-state index contributed by atoms with van der Waals surface area (Å²) in [4.78, 5) is 12.2. The Morgan fingerprint density at radius 1 is 1.09 bits per heavy atom. The van der Waals surface area contributed by atoms with Crippen molar-refractivity contribution in [3.8, 4) is 5.75 Å². The third-order valence-corrected chi connectivity index (χ3v) is 3.30. The molecule has 0 bridgehead atoms. The molecule has 0 radical (unpaired) electrons. The lowest BCUT2D eigenvalue weighted by atomic mass is 10.1. The second-order valence-electron chi connectivity index (χ2n) is 4.99. The fourth-order valence-electron chi connectivity index (χ4n) is 2.09. The summed E-state index contributed by atoms with van der Waals surface area (Å²) in [6, 6.07) is 15.2. The van der Waals surface area contributed by atoms with Gasteiger partial charge in [-0.3, -0.25) is 4.79 Å². The molecule has 0 aromatic heterocycles. The van der Waals surface area contributed by atoms with Crippen LogP contribution in [0.15, 0.2) is 48.5 Å². The maximum absolute atomic E-state index is 12.2. The summed E-state index contributed by atoms with van der Waals surface area (Å²) < 4.78 is 10.5. The summed E-state index contributed by atoms with van der Waals surface area (Å²) in [6.07, 6.45) is 0. The van der Waals surface area contributed by atoms with E-state index in [1.54, 1.807) is 7.11 Å². The molecule has 2 aromatic rings. The number of methoxy groups -OCH3 is 1. The number of nitrogens with one attached hydrogen (secondary N) is 1. The molecule has 2 aromatic carbocycles. The Labute approximate surface area is 131 Å². The summed E-state index contributed by atoms with van der Waals surface area (Å²) >= 11 is 0. The molecule has 116 valence electrons. The average Bonchev–Trinajstić information content (AvgIpc) is 2.54. The Bertz CT molecular complexity index is 625. The second kappa shape index (κ2) is 8.20. The Kier molecular flexibility index (Phi) is 5.98. The summed E-state index contributed by atoms with van der Waals surface area (Å²) in [5, 5.41) is 2.93. The first-order valence-corrected chi connectivity index (χ1v) is 7.25. The van der Waals surface area contributed by atoms with Crippen LogP contribution in [0.5, 0.6) is 5.75 Å². The van der Waals surface area contributed by atoms with Crippen molar-refractivity contribution < 1.29 is 14.3 Å². The monoisotopic (exact) mass is 299 g/mol. The van der Waals surface area contributed by atoms with Crippen molar-refractivity contribution >= 4 is 5.91 Å². The minimum atomic E-state index is -0.0659. The van der Waals surface area contributed by atoms with Gasteiger partial charge in [0.2, 0.25) is 0 Å². The molecule has 1 amide bonds. The van der Waals surface area contributed by atoms with Crippen molar-refractivity contribution in [2.75, 3.05) is 20.3 Å². The Hall–Kier alpha value is -2.33. The highest BCUT2D eigenvalue weighted by Gasteiger charge is 2.07. The molecule has 0 aliphatic rings. The number of hydrogen-bond donors (Lipinski definition) is 1. The van der Waals surface area contributed by atoms with Gasteiger partial charge >= 0.3 is 0 Å². The van der Waals surface area contributed by atoms with E-state index >= 15 is 0 Å². The maximum Gasteiger partial charge on any atom is 0.251 e. The topological polar surface area (TPSA) is 47.6 Å². The van der Waals surface area contributed by atoms with Gasteiger partial charge in [-0.15, -0.1) is 0 Å². The standard InChI is InChI=1S/C18H21NO3/c1-14-6-3-4-9-17(14)18(20)19-13-15-7-5-8-16(12-15)22-11-10-21-2/h3-9,12H,10-11,13H2,1-2H3,(H,19,20). The lowest BCUT2D eigenvalue weighted by Crippen LogP contribution is -2.23. The minimum absolute atomic E-state index is 0.0659. The summed E-state index contributed by atoms with van der Waals surface area (Å²) in [6.45, 7) is 3.46. The Balaban J connectivity index is 1.92. The van der Waals surface area contributed by atoms with E-state index in [9.17, 15) is 4.79 Å². The van der Waals surface area contributed by atoms with Crippen molar-refractivity contribution in [3.63, 3.8) is 0 Å². The van der Waals surface area contributed by atoms with Crippen LogP contribution in [0.4, 0.5) is 0 Å². The number of hydrogen-bond acceptors (Lipinski definition) is 3. The molecule has 0 fully saturated rings. The molecule has 2 rings (SSSR count). The third kappa shape index (κ3) is 4.60. The largest absolute Gasteiger partial charge is 0.491 e. The molecule has 0 aliphatic carbocycles. The van der Waals surface area contributed by atoms with Crippen LogP contribution in [0, 0.1) is 6.92 Å². The quantitative estimate of drug-likeness (QED) is 0.800. The van der Waals surface area contributed by atoms with Gasteiger partial charge in [0.15, 0.2) is 0 Å². The molecule has 0 atom stereocenters. The molecule has 0 saturated heterocycles. The van der Waals surface area contributed by atoms with E-state index in [4.69, 9.17) is 9.47 Å². The van der Waals surface area contributed by atoms with Gasteiger partial charge in [-0.25, -0.2) is 0 Å². The minimum Gasteiger partial charge on any atom is -0.491 e. The van der Waals surface area contributed by atoms with Gasteiger partial charge in [-0.2, -0.15) is 0 Å². The predicted octanol–water partition coefficient (Wildman–Crippen LogP) is 2.95. The molecule has 4 heteroatoms. The van der Waals surface area contributed by atoms with Crippen molar-refractivity contribution in [2.24, 2.45) is 0 Å². The van der Waals surface area contributed by atoms with Crippen LogP contribution in [0.25, 0.3) is 0 Å². The SMILES string of the molecule is COCCOc1cccc(CNC(=O)c2ccccc2C)c1. The Morgan fingerprint density at radius 3 is 2.68 bits per heavy atom. The molecule has 1 N–H and O–H groups in total. The number of carbonyl (C=O) groups is 1. The molecule has 0 unspecified atom stereocenters. The third-order valence-electron chi connectivity index (χ3n) is 3.30. The fourth-order valence-corrected chi connectivity index (χ4v) is 2.09. The van der Waals surface area contributed by atoms with E-state index < -0.39 is 0 Å². The van der Waals surface area contributed by atoms with E-state index in [-0.39, 0.29) is 5.91 Å². The number of aryl methyl sites for hydroxylation is 1. The highest BCUT2D eigenvalue weighted by molar-refractivity contribution is 5.95. The van der Waals surface area contributed by atoms with Gasteiger partial charge in [0.25, 0.3) is 5.91 Å². The zero-order valence-electron chi connectivity index (χ0n) is 13.0. The van der Waals surface area contributed by atoms with Crippen molar-refractivity contribution in [1.82, 2.24) is 5.32 Å². The molecule has 22 heavy (non-hydrogen) atoms. The van der Waals surface area contributed by atoms with Crippen molar-refractivity contribution in [3.05, 3.63) is 65.2 Å². The Morgan fingerprint density at radius 2 is 1.91 bits per heavy atom. The zero-order valence-corrected chi connectivity index (χ0v) is 13.0. The number of benzene rings is 2. The van der Waals surface area contributed by atoms with Gasteiger partial charge < -0.3 is 14.8 Å². The lowest BCUT2D eigenvalue weighted by Gasteiger charge is -2.10. The molecule has 4 nitrogen and oxygen atoms in total. The molecule has 0 aliphatic heterocycles. The highest BCUT2D eigenvalue weighted by Crippen LogP contribution is 2.13. The van der Waals surface area contributed by atoms with Gasteiger partial charge in [0.05, 0.1) is 6.61 Å². The average molecular weight is 299 g/mol. The molecule has 0 spiro atoms. The highest BCUT2D eigenvalue weighted by atomic mass is 16.5. The second-order valence-corrected chi connectivity index (χ2v) is 4.99. The summed E-state index contributed by atoms with van der Waals surface area (Å²) in [7, 11) is 1.64. The van der Waals surface area contributed by atoms with Gasteiger partial charge in [0, 0.05) is 19.2 Å². The smallest absolute Gasteiger partial charge is 0.251 e. The first-order chi connectivity index (χ1) is 10.7. The number of carbonyl (C=O) groups excluding carboxylic acids is 1. The van der Waals surface area contributed by atoms with Crippen LogP contribution in [-0.2, 0) is 11.3 Å². The molecular weight excluding hydrogens is 278 g/mol. The van der Waals surface area contributed by atoms with Crippen LogP contribution in [0.1, 0.15) is 21.5 Å². The molecular formula is C18H21NO3. The van der Waals surface area contributed by atoms with Crippen LogP contribution in [0.3, 0.4) is 0 Å².